The summed E-state index contributed by atoms with van der Waals surface area (Å²) in [6.07, 6.45) is 21.5. The van der Waals surface area contributed by atoms with Gasteiger partial charge in [-0.15, -0.1) is 0 Å². The largest absolute Gasteiger partial charge is 0.396 e. The third kappa shape index (κ3) is 5.82. The molecule has 144 valence electrons. The summed E-state index contributed by atoms with van der Waals surface area (Å²) < 4.78 is 6.27. The first-order chi connectivity index (χ1) is 12.3. The van der Waals surface area contributed by atoms with E-state index in [2.05, 4.69) is 19.1 Å². The SMILES string of the molecule is CCCC1CCC(/C=C/C2CCC(C3CCC(CO)CC3)OC2)CC1. The maximum atomic E-state index is 9.29. The van der Waals surface area contributed by atoms with Crippen molar-refractivity contribution in [2.24, 2.45) is 29.6 Å². The highest BCUT2D eigenvalue weighted by Crippen LogP contribution is 2.36. The van der Waals surface area contributed by atoms with Crippen LogP contribution in [0.15, 0.2) is 12.2 Å². The topological polar surface area (TPSA) is 29.5 Å². The third-order valence-electron chi connectivity index (χ3n) is 7.27. The maximum Gasteiger partial charge on any atom is 0.0603 e. The summed E-state index contributed by atoms with van der Waals surface area (Å²) in [5.74, 6) is 3.80. The molecule has 1 heterocycles. The average molecular weight is 349 g/mol. The summed E-state index contributed by atoms with van der Waals surface area (Å²) in [7, 11) is 0. The molecule has 1 aliphatic heterocycles. The molecule has 2 unspecified atom stereocenters. The smallest absolute Gasteiger partial charge is 0.0603 e. The first-order valence-corrected chi connectivity index (χ1v) is 11.2. The number of allylic oxidation sites excluding steroid dienone is 1. The second-order valence-electron chi connectivity index (χ2n) is 9.13. The van der Waals surface area contributed by atoms with E-state index in [1.807, 2.05) is 0 Å². The Bertz CT molecular complexity index is 381. The minimum Gasteiger partial charge on any atom is -0.396 e. The fourth-order valence-electron chi connectivity index (χ4n) is 5.45. The van der Waals surface area contributed by atoms with Crippen LogP contribution in [0.25, 0.3) is 0 Å². The number of hydrogen-bond acceptors (Lipinski definition) is 2. The molecule has 0 aromatic carbocycles. The van der Waals surface area contributed by atoms with Crippen LogP contribution in [0.5, 0.6) is 0 Å². The molecule has 2 nitrogen and oxygen atoms in total. The summed E-state index contributed by atoms with van der Waals surface area (Å²) in [4.78, 5) is 0. The molecule has 1 saturated heterocycles. The van der Waals surface area contributed by atoms with Crippen LogP contribution >= 0.6 is 0 Å². The van der Waals surface area contributed by atoms with E-state index in [0.717, 1.165) is 24.4 Å². The zero-order chi connectivity index (χ0) is 17.5. The molecule has 0 bridgehead atoms. The molecule has 0 aromatic rings. The Balaban J connectivity index is 1.34. The summed E-state index contributed by atoms with van der Waals surface area (Å²) in [5.41, 5.74) is 0. The summed E-state index contributed by atoms with van der Waals surface area (Å²) >= 11 is 0. The third-order valence-corrected chi connectivity index (χ3v) is 7.27. The second-order valence-corrected chi connectivity index (χ2v) is 9.13. The van der Waals surface area contributed by atoms with E-state index < -0.39 is 0 Å². The van der Waals surface area contributed by atoms with Crippen LogP contribution in [-0.4, -0.2) is 24.4 Å². The molecule has 2 saturated carbocycles. The molecule has 3 rings (SSSR count). The fourth-order valence-corrected chi connectivity index (χ4v) is 5.45. The lowest BCUT2D eigenvalue weighted by molar-refractivity contribution is -0.0508. The van der Waals surface area contributed by atoms with E-state index in [4.69, 9.17) is 4.74 Å². The zero-order valence-electron chi connectivity index (χ0n) is 16.4. The van der Waals surface area contributed by atoms with Gasteiger partial charge in [0.05, 0.1) is 12.7 Å². The number of rotatable bonds is 6. The predicted molar refractivity (Wildman–Crippen MR) is 104 cm³/mol. The van der Waals surface area contributed by atoms with Gasteiger partial charge in [0.1, 0.15) is 0 Å². The molecule has 2 aliphatic carbocycles. The zero-order valence-corrected chi connectivity index (χ0v) is 16.4. The van der Waals surface area contributed by atoms with Gasteiger partial charge in [-0.2, -0.15) is 0 Å². The van der Waals surface area contributed by atoms with Crippen molar-refractivity contribution in [2.45, 2.75) is 90.1 Å². The Hall–Kier alpha value is -0.340. The van der Waals surface area contributed by atoms with E-state index in [-0.39, 0.29) is 0 Å². The van der Waals surface area contributed by atoms with Gasteiger partial charge in [-0.3, -0.25) is 0 Å². The summed E-state index contributed by atoms with van der Waals surface area (Å²) in [5, 5.41) is 9.29. The van der Waals surface area contributed by atoms with Gasteiger partial charge in [0.15, 0.2) is 0 Å². The lowest BCUT2D eigenvalue weighted by Crippen LogP contribution is -2.34. The molecule has 0 radical (unpaired) electrons. The van der Waals surface area contributed by atoms with E-state index in [1.54, 1.807) is 0 Å². The molecule has 3 aliphatic rings. The number of hydrogen-bond donors (Lipinski definition) is 1. The van der Waals surface area contributed by atoms with Crippen molar-refractivity contribution in [1.29, 1.82) is 0 Å². The Morgan fingerprint density at radius 2 is 1.44 bits per heavy atom. The lowest BCUT2D eigenvalue weighted by atomic mass is 9.77. The van der Waals surface area contributed by atoms with Crippen LogP contribution in [-0.2, 0) is 4.74 Å². The van der Waals surface area contributed by atoms with Crippen molar-refractivity contribution in [2.75, 3.05) is 13.2 Å². The Labute approximate surface area is 155 Å². The fraction of sp³-hybridized carbons (Fsp3) is 0.913. The van der Waals surface area contributed by atoms with Crippen molar-refractivity contribution in [3.05, 3.63) is 12.2 Å². The van der Waals surface area contributed by atoms with Crippen LogP contribution < -0.4 is 0 Å². The van der Waals surface area contributed by atoms with E-state index >= 15 is 0 Å². The molecule has 2 heteroatoms. The Morgan fingerprint density at radius 1 is 0.800 bits per heavy atom. The minimum absolute atomic E-state index is 0.380. The van der Waals surface area contributed by atoms with Gasteiger partial charge >= 0.3 is 0 Å². The van der Waals surface area contributed by atoms with Gasteiger partial charge < -0.3 is 9.84 Å². The maximum absolute atomic E-state index is 9.29. The van der Waals surface area contributed by atoms with E-state index in [9.17, 15) is 5.11 Å². The molecule has 0 aromatic heterocycles. The van der Waals surface area contributed by atoms with E-state index in [0.29, 0.717) is 24.5 Å². The number of aliphatic hydroxyl groups excluding tert-OH is 1. The molecule has 1 N–H and O–H groups in total. The standard InChI is InChI=1S/C23H40O2/c1-2-3-18-4-6-19(7-5-18)8-9-21-12-15-23(25-17-21)22-13-10-20(16-24)11-14-22/h8-9,18-24H,2-7,10-17H2,1H3/b9-8+. The Kier molecular flexibility index (Phi) is 7.86. The first-order valence-electron chi connectivity index (χ1n) is 11.2. The van der Waals surface area contributed by atoms with Gasteiger partial charge in [-0.1, -0.05) is 31.9 Å². The van der Waals surface area contributed by atoms with Crippen molar-refractivity contribution < 1.29 is 9.84 Å². The molecule has 0 amide bonds. The van der Waals surface area contributed by atoms with Gasteiger partial charge in [0.25, 0.3) is 0 Å². The van der Waals surface area contributed by atoms with Gasteiger partial charge in [-0.05, 0) is 87.9 Å². The quantitative estimate of drug-likeness (QED) is 0.620. The van der Waals surface area contributed by atoms with E-state index in [1.165, 1.54) is 77.0 Å². The van der Waals surface area contributed by atoms with Crippen LogP contribution in [0.1, 0.15) is 84.0 Å². The Morgan fingerprint density at radius 3 is 2.04 bits per heavy atom. The summed E-state index contributed by atoms with van der Waals surface area (Å²) in [6, 6.07) is 0. The van der Waals surface area contributed by atoms with Crippen molar-refractivity contribution in [3.8, 4) is 0 Å². The first kappa shape index (κ1) is 19.4. The molecule has 0 spiro atoms. The highest BCUT2D eigenvalue weighted by atomic mass is 16.5. The predicted octanol–water partition coefficient (Wildman–Crippen LogP) is 5.74. The van der Waals surface area contributed by atoms with Crippen molar-refractivity contribution >= 4 is 0 Å². The van der Waals surface area contributed by atoms with Crippen LogP contribution in [0.3, 0.4) is 0 Å². The monoisotopic (exact) mass is 348 g/mol. The van der Waals surface area contributed by atoms with Crippen molar-refractivity contribution in [3.63, 3.8) is 0 Å². The number of aliphatic hydroxyl groups is 1. The molecular formula is C23H40O2. The second kappa shape index (κ2) is 10.1. The van der Waals surface area contributed by atoms with Crippen molar-refractivity contribution in [1.82, 2.24) is 0 Å². The highest BCUT2D eigenvalue weighted by Gasteiger charge is 2.31. The molecule has 25 heavy (non-hydrogen) atoms. The lowest BCUT2D eigenvalue weighted by Gasteiger charge is -2.37. The highest BCUT2D eigenvalue weighted by molar-refractivity contribution is 4.96. The van der Waals surface area contributed by atoms with Gasteiger partial charge in [-0.25, -0.2) is 0 Å². The normalized spacial score (nSPS) is 40.4. The molecular weight excluding hydrogens is 308 g/mol. The van der Waals surface area contributed by atoms with Crippen LogP contribution in [0.4, 0.5) is 0 Å². The van der Waals surface area contributed by atoms with Gasteiger partial charge in [0, 0.05) is 12.5 Å². The number of ether oxygens (including phenoxy) is 1. The minimum atomic E-state index is 0.380. The molecule has 2 atom stereocenters. The molecule has 3 fully saturated rings. The summed E-state index contributed by atoms with van der Waals surface area (Å²) in [6.45, 7) is 3.64. The van der Waals surface area contributed by atoms with Gasteiger partial charge in [0.2, 0.25) is 0 Å². The van der Waals surface area contributed by atoms with Crippen LogP contribution in [0.2, 0.25) is 0 Å². The van der Waals surface area contributed by atoms with Crippen LogP contribution in [0, 0.1) is 29.6 Å². The average Bonchev–Trinajstić information content (AvgIpc) is 2.68.